The quantitative estimate of drug-likeness (QED) is 0.628. The highest BCUT2D eigenvalue weighted by atomic mass is 16.1. The fraction of sp³-hybridized carbons (Fsp3) is 0.118. The molecule has 0 fully saturated rings. The number of nitrogens with zero attached hydrogens (tertiary/aromatic N) is 1. The van der Waals surface area contributed by atoms with Gasteiger partial charge >= 0.3 is 0 Å². The summed E-state index contributed by atoms with van der Waals surface area (Å²) in [6, 6.07) is 17.1. The first kappa shape index (κ1) is 13.7. The van der Waals surface area contributed by atoms with Gasteiger partial charge in [-0.25, -0.2) is 0 Å². The van der Waals surface area contributed by atoms with Crippen LogP contribution in [0.4, 0.5) is 0 Å². The SMILES string of the molecule is CC(C(=O)c1ccccc1)C(=O)c1ccc(C#N)cc1. The highest BCUT2D eigenvalue weighted by Gasteiger charge is 2.23. The summed E-state index contributed by atoms with van der Waals surface area (Å²) in [5.41, 5.74) is 1.46. The Morgan fingerprint density at radius 2 is 1.40 bits per heavy atom. The first-order chi connectivity index (χ1) is 9.63. The predicted molar refractivity (Wildman–Crippen MR) is 75.4 cm³/mol. The van der Waals surface area contributed by atoms with Crippen LogP contribution in [0.5, 0.6) is 0 Å². The van der Waals surface area contributed by atoms with Crippen LogP contribution in [-0.2, 0) is 0 Å². The molecule has 3 heteroatoms. The van der Waals surface area contributed by atoms with Crippen LogP contribution in [-0.4, -0.2) is 11.6 Å². The zero-order chi connectivity index (χ0) is 14.5. The average Bonchev–Trinajstić information content (AvgIpc) is 2.53. The normalized spacial score (nSPS) is 11.4. The minimum atomic E-state index is -0.731. The number of ketones is 2. The van der Waals surface area contributed by atoms with E-state index in [9.17, 15) is 9.59 Å². The molecule has 20 heavy (non-hydrogen) atoms. The molecule has 0 bridgehead atoms. The lowest BCUT2D eigenvalue weighted by atomic mass is 9.91. The first-order valence-electron chi connectivity index (χ1n) is 6.27. The van der Waals surface area contributed by atoms with Crippen LogP contribution >= 0.6 is 0 Å². The molecule has 0 aliphatic rings. The van der Waals surface area contributed by atoms with E-state index >= 15 is 0 Å². The highest BCUT2D eigenvalue weighted by Crippen LogP contribution is 2.15. The largest absolute Gasteiger partial charge is 0.293 e. The van der Waals surface area contributed by atoms with Crippen molar-refractivity contribution < 1.29 is 9.59 Å². The van der Waals surface area contributed by atoms with Gasteiger partial charge in [0.25, 0.3) is 0 Å². The van der Waals surface area contributed by atoms with Gasteiger partial charge in [0.15, 0.2) is 11.6 Å². The van der Waals surface area contributed by atoms with Crippen LogP contribution in [0.1, 0.15) is 33.2 Å². The summed E-state index contributed by atoms with van der Waals surface area (Å²) in [5.74, 6) is -1.16. The van der Waals surface area contributed by atoms with E-state index < -0.39 is 5.92 Å². The van der Waals surface area contributed by atoms with Crippen LogP contribution in [0, 0.1) is 17.2 Å². The summed E-state index contributed by atoms with van der Waals surface area (Å²) in [6.07, 6.45) is 0. The summed E-state index contributed by atoms with van der Waals surface area (Å²) in [6.45, 7) is 1.61. The maximum Gasteiger partial charge on any atom is 0.173 e. The molecule has 2 rings (SSSR count). The molecule has 0 saturated heterocycles. The van der Waals surface area contributed by atoms with Crippen LogP contribution in [0.2, 0.25) is 0 Å². The Morgan fingerprint density at radius 1 is 0.900 bits per heavy atom. The standard InChI is InChI=1S/C17H13NO2/c1-12(16(19)14-5-3-2-4-6-14)17(20)15-9-7-13(11-18)8-10-15/h2-10,12H,1H3. The fourth-order valence-corrected chi connectivity index (χ4v) is 1.93. The Bertz CT molecular complexity index is 666. The molecule has 0 radical (unpaired) electrons. The molecule has 1 unspecified atom stereocenters. The third-order valence-corrected chi connectivity index (χ3v) is 3.14. The lowest BCUT2D eigenvalue weighted by molar-refractivity contribution is 0.0821. The van der Waals surface area contributed by atoms with Crippen molar-refractivity contribution in [2.75, 3.05) is 0 Å². The van der Waals surface area contributed by atoms with E-state index in [1.165, 1.54) is 0 Å². The maximum absolute atomic E-state index is 12.3. The minimum absolute atomic E-state index is 0.194. The Kier molecular flexibility index (Phi) is 4.07. The second kappa shape index (κ2) is 5.94. The van der Waals surface area contributed by atoms with E-state index in [0.29, 0.717) is 16.7 Å². The first-order valence-corrected chi connectivity index (χ1v) is 6.27. The summed E-state index contributed by atoms with van der Waals surface area (Å²) in [7, 11) is 0. The number of rotatable bonds is 4. The van der Waals surface area contributed by atoms with E-state index in [2.05, 4.69) is 0 Å². The van der Waals surface area contributed by atoms with Crippen molar-refractivity contribution in [3.63, 3.8) is 0 Å². The molecule has 0 aliphatic carbocycles. The topological polar surface area (TPSA) is 57.9 Å². The van der Waals surface area contributed by atoms with Gasteiger partial charge in [0.05, 0.1) is 17.6 Å². The monoisotopic (exact) mass is 263 g/mol. The van der Waals surface area contributed by atoms with Gasteiger partial charge in [-0.3, -0.25) is 9.59 Å². The van der Waals surface area contributed by atoms with Crippen LogP contribution < -0.4 is 0 Å². The Balaban J connectivity index is 2.20. The van der Waals surface area contributed by atoms with Crippen molar-refractivity contribution in [3.05, 3.63) is 71.3 Å². The third-order valence-electron chi connectivity index (χ3n) is 3.14. The van der Waals surface area contributed by atoms with Gasteiger partial charge in [0.1, 0.15) is 0 Å². The van der Waals surface area contributed by atoms with Crippen molar-refractivity contribution in [2.24, 2.45) is 5.92 Å². The molecule has 1 atom stereocenters. The summed E-state index contributed by atoms with van der Waals surface area (Å²) < 4.78 is 0. The molecule has 98 valence electrons. The lowest BCUT2D eigenvalue weighted by Crippen LogP contribution is -2.21. The third kappa shape index (κ3) is 2.81. The number of benzene rings is 2. The zero-order valence-corrected chi connectivity index (χ0v) is 11.0. The highest BCUT2D eigenvalue weighted by molar-refractivity contribution is 6.15. The van der Waals surface area contributed by atoms with Crippen LogP contribution in [0.25, 0.3) is 0 Å². The number of carbonyl (C=O) groups excluding carboxylic acids is 2. The molecule has 0 spiro atoms. The van der Waals surface area contributed by atoms with Gasteiger partial charge in [-0.15, -0.1) is 0 Å². The predicted octanol–water partition coefficient (Wildman–Crippen LogP) is 3.26. The van der Waals surface area contributed by atoms with Crippen LogP contribution in [0.15, 0.2) is 54.6 Å². The number of hydrogen-bond acceptors (Lipinski definition) is 3. The molecule has 0 aromatic heterocycles. The molecule has 2 aromatic carbocycles. The number of Topliss-reactive ketones (excluding diaryl/α,β-unsaturated/α-hetero) is 2. The van der Waals surface area contributed by atoms with Gasteiger partial charge in [0, 0.05) is 11.1 Å². The zero-order valence-electron chi connectivity index (χ0n) is 11.0. The lowest BCUT2D eigenvalue weighted by Gasteiger charge is -2.09. The number of carbonyl (C=O) groups is 2. The molecule has 0 saturated carbocycles. The Morgan fingerprint density at radius 3 is 1.90 bits per heavy atom. The molecule has 3 nitrogen and oxygen atoms in total. The second-order valence-electron chi connectivity index (χ2n) is 4.51. The number of nitriles is 1. The minimum Gasteiger partial charge on any atom is -0.293 e. The Hall–Kier alpha value is -2.73. The van der Waals surface area contributed by atoms with Crippen LogP contribution in [0.3, 0.4) is 0 Å². The summed E-state index contributed by atoms with van der Waals surface area (Å²) >= 11 is 0. The van der Waals surface area contributed by atoms with E-state index in [-0.39, 0.29) is 11.6 Å². The molecular weight excluding hydrogens is 250 g/mol. The van der Waals surface area contributed by atoms with Crippen molar-refractivity contribution in [3.8, 4) is 6.07 Å². The number of hydrogen-bond donors (Lipinski definition) is 0. The molecule has 2 aromatic rings. The molecule has 0 amide bonds. The van der Waals surface area contributed by atoms with E-state index in [4.69, 9.17) is 5.26 Å². The van der Waals surface area contributed by atoms with E-state index in [1.54, 1.807) is 55.5 Å². The fourth-order valence-electron chi connectivity index (χ4n) is 1.93. The summed E-state index contributed by atoms with van der Waals surface area (Å²) in [4.78, 5) is 24.5. The molecule has 0 N–H and O–H groups in total. The van der Waals surface area contributed by atoms with E-state index in [0.717, 1.165) is 0 Å². The van der Waals surface area contributed by atoms with Crippen molar-refractivity contribution in [1.82, 2.24) is 0 Å². The van der Waals surface area contributed by atoms with Gasteiger partial charge in [0.2, 0.25) is 0 Å². The Labute approximate surface area is 117 Å². The van der Waals surface area contributed by atoms with Crippen molar-refractivity contribution in [2.45, 2.75) is 6.92 Å². The smallest absolute Gasteiger partial charge is 0.173 e. The summed E-state index contributed by atoms with van der Waals surface area (Å²) in [5, 5.41) is 8.72. The molecule has 0 heterocycles. The van der Waals surface area contributed by atoms with Gasteiger partial charge < -0.3 is 0 Å². The molecule has 0 aliphatic heterocycles. The second-order valence-corrected chi connectivity index (χ2v) is 4.51. The average molecular weight is 263 g/mol. The van der Waals surface area contributed by atoms with Crippen molar-refractivity contribution in [1.29, 1.82) is 5.26 Å². The van der Waals surface area contributed by atoms with Gasteiger partial charge in [-0.05, 0) is 19.1 Å². The van der Waals surface area contributed by atoms with Gasteiger partial charge in [-0.1, -0.05) is 42.5 Å². The maximum atomic E-state index is 12.3. The molecular formula is C17H13NO2. The van der Waals surface area contributed by atoms with Crippen molar-refractivity contribution >= 4 is 11.6 Å². The van der Waals surface area contributed by atoms with Gasteiger partial charge in [-0.2, -0.15) is 5.26 Å². The van der Waals surface area contributed by atoms with E-state index in [1.807, 2.05) is 12.1 Å².